The Kier molecular flexibility index (Phi) is 8.63. The molecule has 7 atom stereocenters. The Labute approximate surface area is 241 Å². The van der Waals surface area contributed by atoms with Crippen LogP contribution in [0.5, 0.6) is 0 Å². The van der Waals surface area contributed by atoms with E-state index in [1.165, 1.54) is 75.4 Å². The number of allylic oxidation sites excluding steroid dienone is 2. The molecule has 2 heteroatoms. The minimum atomic E-state index is -0.737. The molecule has 0 aromatic rings. The van der Waals surface area contributed by atoms with E-state index in [0.29, 0.717) is 39.3 Å². The van der Waals surface area contributed by atoms with Gasteiger partial charge in [0, 0.05) is 6.42 Å². The molecule has 4 unspecified atom stereocenters. The molecular weight excluding hydrogens is 476 g/mol. The predicted molar refractivity (Wildman–Crippen MR) is 165 cm³/mol. The van der Waals surface area contributed by atoms with Crippen LogP contribution in [0.25, 0.3) is 0 Å². The van der Waals surface area contributed by atoms with Crippen molar-refractivity contribution in [2.75, 3.05) is 0 Å². The van der Waals surface area contributed by atoms with Gasteiger partial charge in [-0.2, -0.15) is 0 Å². The number of hydrogen-bond acceptors (Lipinski definition) is 2. The molecule has 4 fully saturated rings. The molecule has 2 nitrogen and oxygen atoms in total. The van der Waals surface area contributed by atoms with E-state index in [-0.39, 0.29) is 0 Å². The minimum Gasteiger partial charge on any atom is -0.382 e. The van der Waals surface area contributed by atoms with E-state index in [1.54, 1.807) is 13.0 Å². The highest BCUT2D eigenvalue weighted by Crippen LogP contribution is 2.64. The summed E-state index contributed by atoms with van der Waals surface area (Å²) in [6.45, 7) is 24.8. The molecule has 0 amide bonds. The van der Waals surface area contributed by atoms with Gasteiger partial charge in [-0.1, -0.05) is 84.8 Å². The van der Waals surface area contributed by atoms with Gasteiger partial charge >= 0.3 is 0 Å². The molecular formula is C37H60O2. The summed E-state index contributed by atoms with van der Waals surface area (Å²) >= 11 is 0. The third-order valence-corrected chi connectivity index (χ3v) is 13.0. The second-order valence-electron chi connectivity index (χ2n) is 16.3. The van der Waals surface area contributed by atoms with Gasteiger partial charge in [0.1, 0.15) is 11.4 Å². The van der Waals surface area contributed by atoms with E-state index in [1.807, 2.05) is 0 Å². The summed E-state index contributed by atoms with van der Waals surface area (Å²) in [5, 5.41) is 10.5. The van der Waals surface area contributed by atoms with Crippen LogP contribution in [0.4, 0.5) is 0 Å². The number of carbonyl (C=O) groups excluding carboxylic acids is 1. The molecule has 1 N–H and O–H groups in total. The third kappa shape index (κ3) is 5.80. The fourth-order valence-electron chi connectivity index (χ4n) is 11.0. The van der Waals surface area contributed by atoms with E-state index >= 15 is 0 Å². The van der Waals surface area contributed by atoms with Crippen molar-refractivity contribution in [3.8, 4) is 0 Å². The average molecular weight is 537 g/mol. The molecule has 5 rings (SSSR count). The summed E-state index contributed by atoms with van der Waals surface area (Å²) in [5.41, 5.74) is 3.99. The van der Waals surface area contributed by atoms with Crippen LogP contribution in [0.15, 0.2) is 36.5 Å². The number of carbonyl (C=O) groups is 1. The number of aliphatic hydroxyl groups is 1. The highest BCUT2D eigenvalue weighted by Gasteiger charge is 2.55. The van der Waals surface area contributed by atoms with Crippen LogP contribution in [-0.4, -0.2) is 16.5 Å². The lowest BCUT2D eigenvalue weighted by molar-refractivity contribution is -0.118. The van der Waals surface area contributed by atoms with Gasteiger partial charge in [0.25, 0.3) is 0 Å². The second-order valence-corrected chi connectivity index (χ2v) is 16.3. The molecule has 0 spiro atoms. The lowest BCUT2D eigenvalue weighted by Gasteiger charge is -2.59. The molecule has 39 heavy (non-hydrogen) atoms. The third-order valence-electron chi connectivity index (χ3n) is 13.0. The Morgan fingerprint density at radius 1 is 0.897 bits per heavy atom. The first-order valence-corrected chi connectivity index (χ1v) is 16.3. The lowest BCUT2D eigenvalue weighted by atomic mass is 9.46. The van der Waals surface area contributed by atoms with Crippen LogP contribution < -0.4 is 0 Å². The van der Waals surface area contributed by atoms with Crippen molar-refractivity contribution < 1.29 is 9.90 Å². The Balaban J connectivity index is 0.000000181. The number of rotatable bonds is 4. The van der Waals surface area contributed by atoms with Gasteiger partial charge < -0.3 is 9.90 Å². The topological polar surface area (TPSA) is 37.3 Å². The van der Waals surface area contributed by atoms with Crippen LogP contribution in [0.2, 0.25) is 0 Å². The first-order chi connectivity index (χ1) is 18.1. The van der Waals surface area contributed by atoms with Crippen molar-refractivity contribution in [2.24, 2.45) is 45.3 Å². The Morgan fingerprint density at radius 3 is 2.05 bits per heavy atom. The van der Waals surface area contributed by atoms with Gasteiger partial charge in [-0.05, 0) is 129 Å². The Hall–Kier alpha value is -1.15. The SMILES string of the molecule is C=C1CCC2C(C)(C)CCC[C@]2(C)C1CCC(C)=O.C=C[C@]1(O)C=C2CCC3C(C)(C)CCC[C@]3(C)C2CC1. The summed E-state index contributed by atoms with van der Waals surface area (Å²) < 4.78 is 0. The molecule has 0 radical (unpaired) electrons. The maximum Gasteiger partial charge on any atom is 0.129 e. The molecule has 0 aliphatic heterocycles. The van der Waals surface area contributed by atoms with Gasteiger partial charge in [-0.15, -0.1) is 0 Å². The summed E-state index contributed by atoms with van der Waals surface area (Å²) in [6.07, 6.45) is 20.7. The standard InChI is InChI=1S/C19H30O.C18H30O/c1-5-19(20)12-9-15-14(13-19)7-8-16-17(2,3)10-6-11-18(15,16)4;1-13-7-10-16-17(3,4)11-6-12-18(16,5)15(13)9-8-14(2)19/h5,13,15-16,20H,1,6-12H2,2-4H3;15-16H,1,6-12H2,2-5H3/t15?,16?,18-,19-;15?,16?,18-/m11/s1. The van der Waals surface area contributed by atoms with E-state index < -0.39 is 5.60 Å². The van der Waals surface area contributed by atoms with Crippen molar-refractivity contribution in [3.63, 3.8) is 0 Å². The zero-order valence-corrected chi connectivity index (χ0v) is 26.6. The molecule has 0 saturated heterocycles. The van der Waals surface area contributed by atoms with Crippen molar-refractivity contribution in [1.29, 1.82) is 0 Å². The van der Waals surface area contributed by atoms with E-state index in [2.05, 4.69) is 60.8 Å². The van der Waals surface area contributed by atoms with Crippen molar-refractivity contribution >= 4 is 5.78 Å². The maximum atomic E-state index is 11.4. The van der Waals surface area contributed by atoms with Crippen LogP contribution in [0.1, 0.15) is 138 Å². The molecule has 0 aromatic heterocycles. The van der Waals surface area contributed by atoms with Crippen LogP contribution in [-0.2, 0) is 4.79 Å². The molecule has 0 heterocycles. The van der Waals surface area contributed by atoms with Crippen LogP contribution in [0.3, 0.4) is 0 Å². The zero-order valence-electron chi connectivity index (χ0n) is 26.6. The first kappa shape index (κ1) is 30.8. The van der Waals surface area contributed by atoms with Crippen molar-refractivity contribution in [3.05, 3.63) is 36.5 Å². The average Bonchev–Trinajstić information content (AvgIpc) is 2.82. The largest absolute Gasteiger partial charge is 0.382 e. The Morgan fingerprint density at radius 2 is 1.46 bits per heavy atom. The van der Waals surface area contributed by atoms with E-state index in [9.17, 15) is 9.90 Å². The first-order valence-electron chi connectivity index (χ1n) is 16.3. The van der Waals surface area contributed by atoms with Gasteiger partial charge in [-0.3, -0.25) is 0 Å². The molecule has 0 aromatic carbocycles. The summed E-state index contributed by atoms with van der Waals surface area (Å²) in [4.78, 5) is 11.4. The Bertz CT molecular complexity index is 983. The molecule has 5 aliphatic rings. The quantitative estimate of drug-likeness (QED) is 0.363. The van der Waals surface area contributed by atoms with Gasteiger partial charge in [0.15, 0.2) is 0 Å². The van der Waals surface area contributed by atoms with E-state index in [0.717, 1.165) is 37.5 Å². The van der Waals surface area contributed by atoms with Crippen LogP contribution in [0, 0.1) is 45.3 Å². The molecule has 5 aliphatic carbocycles. The summed E-state index contributed by atoms with van der Waals surface area (Å²) in [5.74, 6) is 3.24. The fraction of sp³-hybridized carbons (Fsp3) is 0.811. The number of hydrogen-bond donors (Lipinski definition) is 1. The molecule has 220 valence electrons. The zero-order chi connectivity index (χ0) is 28.9. The normalized spacial score (nSPS) is 42.5. The number of Topliss-reactive ketones (excluding diaryl/α,β-unsaturated/α-hetero) is 1. The van der Waals surface area contributed by atoms with Gasteiger partial charge in [0.05, 0.1) is 0 Å². The molecule has 4 saturated carbocycles. The van der Waals surface area contributed by atoms with Crippen molar-refractivity contribution in [2.45, 2.75) is 144 Å². The van der Waals surface area contributed by atoms with Crippen LogP contribution >= 0.6 is 0 Å². The molecule has 0 bridgehead atoms. The number of ketones is 1. The summed E-state index contributed by atoms with van der Waals surface area (Å²) in [7, 11) is 0. The lowest BCUT2D eigenvalue weighted by Crippen LogP contribution is -2.51. The summed E-state index contributed by atoms with van der Waals surface area (Å²) in [6, 6.07) is 0. The predicted octanol–water partition coefficient (Wildman–Crippen LogP) is 10.0. The minimum absolute atomic E-state index is 0.327. The maximum absolute atomic E-state index is 11.4. The fourth-order valence-corrected chi connectivity index (χ4v) is 11.0. The van der Waals surface area contributed by atoms with Crippen molar-refractivity contribution in [1.82, 2.24) is 0 Å². The monoisotopic (exact) mass is 536 g/mol. The highest BCUT2D eigenvalue weighted by molar-refractivity contribution is 5.75. The highest BCUT2D eigenvalue weighted by atomic mass is 16.3. The number of fused-ring (bicyclic) bond motifs is 4. The smallest absolute Gasteiger partial charge is 0.129 e. The van der Waals surface area contributed by atoms with Gasteiger partial charge in [0.2, 0.25) is 0 Å². The second kappa shape index (κ2) is 10.9. The van der Waals surface area contributed by atoms with Gasteiger partial charge in [-0.25, -0.2) is 0 Å². The van der Waals surface area contributed by atoms with E-state index in [4.69, 9.17) is 0 Å².